The number of aromatic nitrogens is 4. The Morgan fingerprint density at radius 3 is 2.65 bits per heavy atom. The number of aryl methyl sites for hydroxylation is 3. The van der Waals surface area contributed by atoms with Gasteiger partial charge >= 0.3 is 0 Å². The van der Waals surface area contributed by atoms with Gasteiger partial charge in [-0.05, 0) is 25.5 Å². The van der Waals surface area contributed by atoms with Crippen LogP contribution in [-0.2, 0) is 7.05 Å². The van der Waals surface area contributed by atoms with E-state index in [0.717, 1.165) is 23.0 Å². The van der Waals surface area contributed by atoms with E-state index >= 15 is 0 Å². The number of anilines is 2. The Labute approximate surface area is 117 Å². The minimum absolute atomic E-state index is 0.646. The molecule has 104 valence electrons. The lowest BCUT2D eigenvalue weighted by Gasteiger charge is -2.10. The molecule has 0 radical (unpaired) electrons. The van der Waals surface area contributed by atoms with Crippen molar-refractivity contribution in [1.82, 2.24) is 19.7 Å². The zero-order valence-electron chi connectivity index (χ0n) is 11.8. The normalized spacial score (nSPS) is 10.1. The molecular weight excluding hydrogens is 254 g/mol. The first kappa shape index (κ1) is 13.8. The average molecular weight is 271 g/mol. The first-order valence-electron chi connectivity index (χ1n) is 6.32. The number of rotatable bonds is 5. The summed E-state index contributed by atoms with van der Waals surface area (Å²) in [6, 6.07) is 4.05. The molecule has 0 saturated carbocycles. The molecule has 20 heavy (non-hydrogen) atoms. The minimum Gasteiger partial charge on any atom is -0.368 e. The number of pyridine rings is 1. The molecule has 7 nitrogen and oxygen atoms in total. The zero-order chi connectivity index (χ0) is 14.5. The quantitative estimate of drug-likeness (QED) is 0.795. The topological polar surface area (TPSA) is 91.4 Å². The van der Waals surface area contributed by atoms with Crippen molar-refractivity contribution in [3.8, 4) is 6.07 Å². The molecule has 0 saturated heterocycles. The number of nitrogens with zero attached hydrogens (tertiary/aromatic N) is 5. The van der Waals surface area contributed by atoms with E-state index in [-0.39, 0.29) is 0 Å². The maximum absolute atomic E-state index is 9.00. The first-order valence-corrected chi connectivity index (χ1v) is 6.32. The molecule has 0 aromatic carbocycles. The summed E-state index contributed by atoms with van der Waals surface area (Å²) in [5.41, 5.74) is 2.33. The van der Waals surface area contributed by atoms with Gasteiger partial charge in [-0.15, -0.1) is 0 Å². The zero-order valence-corrected chi connectivity index (χ0v) is 11.8. The maximum Gasteiger partial charge on any atom is 0.220 e. The van der Waals surface area contributed by atoms with Crippen LogP contribution in [0.15, 0.2) is 12.4 Å². The first-order chi connectivity index (χ1) is 9.61. The van der Waals surface area contributed by atoms with Crippen LogP contribution in [0.3, 0.4) is 0 Å². The van der Waals surface area contributed by atoms with E-state index in [1.807, 2.05) is 27.0 Å². The van der Waals surface area contributed by atoms with E-state index in [9.17, 15) is 0 Å². The Hall–Kier alpha value is -2.62. The van der Waals surface area contributed by atoms with Crippen molar-refractivity contribution in [3.05, 3.63) is 29.2 Å². The smallest absolute Gasteiger partial charge is 0.220 e. The molecule has 0 bridgehead atoms. The third-order valence-electron chi connectivity index (χ3n) is 2.93. The lowest BCUT2D eigenvalue weighted by Crippen LogP contribution is -2.16. The minimum atomic E-state index is 0.646. The molecule has 0 atom stereocenters. The van der Waals surface area contributed by atoms with Gasteiger partial charge in [-0.25, -0.2) is 9.67 Å². The summed E-state index contributed by atoms with van der Waals surface area (Å²) in [5.74, 6) is 1.51. The Morgan fingerprint density at radius 1 is 1.30 bits per heavy atom. The molecule has 2 rings (SSSR count). The highest BCUT2D eigenvalue weighted by atomic mass is 15.4. The van der Waals surface area contributed by atoms with E-state index in [1.165, 1.54) is 6.33 Å². The van der Waals surface area contributed by atoms with Gasteiger partial charge < -0.3 is 10.6 Å². The highest BCUT2D eigenvalue weighted by molar-refractivity contribution is 5.48. The van der Waals surface area contributed by atoms with Crippen LogP contribution in [0.1, 0.15) is 16.8 Å². The van der Waals surface area contributed by atoms with Gasteiger partial charge in [-0.1, -0.05) is 0 Å². The molecule has 2 N–H and O–H groups in total. The summed E-state index contributed by atoms with van der Waals surface area (Å²) < 4.78 is 1.67. The van der Waals surface area contributed by atoms with E-state index < -0.39 is 0 Å². The lowest BCUT2D eigenvalue weighted by atomic mass is 10.1. The number of hydrogen-bond acceptors (Lipinski definition) is 6. The molecule has 0 aliphatic carbocycles. The van der Waals surface area contributed by atoms with Crippen LogP contribution in [0.2, 0.25) is 0 Å². The van der Waals surface area contributed by atoms with E-state index in [2.05, 4.69) is 31.8 Å². The van der Waals surface area contributed by atoms with E-state index in [1.54, 1.807) is 4.68 Å². The predicted octanol–water partition coefficient (Wildman–Crippen LogP) is 1.22. The van der Waals surface area contributed by atoms with Crippen molar-refractivity contribution >= 4 is 11.8 Å². The van der Waals surface area contributed by atoms with Gasteiger partial charge in [0.15, 0.2) is 0 Å². The Balaban J connectivity index is 1.89. The molecule has 2 heterocycles. The highest BCUT2D eigenvalue weighted by Crippen LogP contribution is 2.15. The van der Waals surface area contributed by atoms with Gasteiger partial charge in [0.1, 0.15) is 18.2 Å². The van der Waals surface area contributed by atoms with Crippen molar-refractivity contribution < 1.29 is 0 Å². The largest absolute Gasteiger partial charge is 0.368 e. The summed E-state index contributed by atoms with van der Waals surface area (Å²) in [4.78, 5) is 8.43. The second-order valence-corrected chi connectivity index (χ2v) is 4.46. The van der Waals surface area contributed by atoms with Gasteiger partial charge in [0, 0.05) is 20.1 Å². The van der Waals surface area contributed by atoms with Crippen LogP contribution in [0.4, 0.5) is 11.8 Å². The van der Waals surface area contributed by atoms with Gasteiger partial charge in [0.25, 0.3) is 0 Å². The second-order valence-electron chi connectivity index (χ2n) is 4.46. The van der Waals surface area contributed by atoms with Crippen molar-refractivity contribution in [2.75, 3.05) is 23.7 Å². The second kappa shape index (κ2) is 6.02. The molecule has 0 aliphatic rings. The van der Waals surface area contributed by atoms with Crippen LogP contribution in [-0.4, -0.2) is 32.8 Å². The average Bonchev–Trinajstić information content (AvgIpc) is 2.80. The molecule has 0 aliphatic heterocycles. The van der Waals surface area contributed by atoms with E-state index in [4.69, 9.17) is 5.26 Å². The SMILES string of the molecule is Cc1cc(NCCNc2ncnn2C)nc(C)c1C#N. The molecule has 0 fully saturated rings. The fraction of sp³-hybridized carbons (Fsp3) is 0.385. The van der Waals surface area contributed by atoms with Crippen molar-refractivity contribution in [3.63, 3.8) is 0 Å². The molecule has 7 heteroatoms. The van der Waals surface area contributed by atoms with Crippen LogP contribution in [0, 0.1) is 25.2 Å². The fourth-order valence-electron chi connectivity index (χ4n) is 1.91. The van der Waals surface area contributed by atoms with Crippen LogP contribution >= 0.6 is 0 Å². The van der Waals surface area contributed by atoms with Gasteiger partial charge in [0.05, 0.1) is 11.3 Å². The van der Waals surface area contributed by atoms with Gasteiger partial charge in [-0.2, -0.15) is 15.3 Å². The standard InChI is InChI=1S/C13H17N7/c1-9-6-12(19-10(2)11(9)7-14)15-4-5-16-13-17-8-18-20(13)3/h6,8H,4-5H2,1-3H3,(H,15,19)(H,16,17,18). The predicted molar refractivity (Wildman–Crippen MR) is 76.4 cm³/mol. The Bertz CT molecular complexity index is 615. The van der Waals surface area contributed by atoms with Crippen molar-refractivity contribution in [2.24, 2.45) is 7.05 Å². The molecule has 2 aromatic heterocycles. The Morgan fingerprint density at radius 2 is 2.05 bits per heavy atom. The van der Waals surface area contributed by atoms with Gasteiger partial charge in [0.2, 0.25) is 5.95 Å². The summed E-state index contributed by atoms with van der Waals surface area (Å²) in [6.45, 7) is 5.15. The fourth-order valence-corrected chi connectivity index (χ4v) is 1.91. The third-order valence-corrected chi connectivity index (χ3v) is 2.93. The Kier molecular flexibility index (Phi) is 4.15. The molecule has 2 aromatic rings. The van der Waals surface area contributed by atoms with Crippen molar-refractivity contribution in [1.29, 1.82) is 5.26 Å². The molecule has 0 unspecified atom stereocenters. The maximum atomic E-state index is 9.00. The summed E-state index contributed by atoms with van der Waals surface area (Å²) in [6.07, 6.45) is 1.50. The highest BCUT2D eigenvalue weighted by Gasteiger charge is 2.05. The summed E-state index contributed by atoms with van der Waals surface area (Å²) in [5, 5.41) is 19.4. The monoisotopic (exact) mass is 271 g/mol. The van der Waals surface area contributed by atoms with Crippen molar-refractivity contribution in [2.45, 2.75) is 13.8 Å². The molecule has 0 spiro atoms. The van der Waals surface area contributed by atoms with Gasteiger partial charge in [-0.3, -0.25) is 0 Å². The van der Waals surface area contributed by atoms with E-state index in [0.29, 0.717) is 18.7 Å². The van der Waals surface area contributed by atoms with Crippen LogP contribution in [0.25, 0.3) is 0 Å². The number of nitrogens with one attached hydrogen (secondary N) is 2. The third kappa shape index (κ3) is 3.03. The summed E-state index contributed by atoms with van der Waals surface area (Å²) >= 11 is 0. The summed E-state index contributed by atoms with van der Waals surface area (Å²) in [7, 11) is 1.83. The van der Waals surface area contributed by atoms with Crippen LogP contribution < -0.4 is 10.6 Å². The number of nitriles is 1. The number of hydrogen-bond donors (Lipinski definition) is 2. The molecule has 0 amide bonds. The molecular formula is C13H17N7. The van der Waals surface area contributed by atoms with Crippen LogP contribution in [0.5, 0.6) is 0 Å². The lowest BCUT2D eigenvalue weighted by molar-refractivity contribution is 0.767.